The van der Waals surface area contributed by atoms with E-state index in [1.807, 2.05) is 48.5 Å². The molecule has 0 radical (unpaired) electrons. The maximum absolute atomic E-state index is 12.2. The molecule has 5 rings (SSSR count). The molecule has 1 fully saturated rings. The Balaban J connectivity index is 1.22. The number of tetrazole rings is 1. The first kappa shape index (κ1) is 33.1. The molecule has 12 nitrogen and oxygen atoms in total. The number of amides is 1. The summed E-state index contributed by atoms with van der Waals surface area (Å²) in [6, 6.07) is 22.1. The Hall–Kier alpha value is -4.30. The molecule has 0 aliphatic carbocycles. The third kappa shape index (κ3) is 9.36. The summed E-state index contributed by atoms with van der Waals surface area (Å²) in [7, 11) is 0. The van der Waals surface area contributed by atoms with E-state index in [1.54, 1.807) is 28.9 Å². The number of nitrogens with one attached hydrogen (secondary N) is 1. The van der Waals surface area contributed by atoms with Gasteiger partial charge < -0.3 is 30.1 Å². The Morgan fingerprint density at radius 2 is 1.59 bits per heavy atom. The molecule has 4 N–H and O–H groups in total. The van der Waals surface area contributed by atoms with Gasteiger partial charge in [-0.05, 0) is 64.2 Å². The van der Waals surface area contributed by atoms with Gasteiger partial charge in [0.15, 0.2) is 6.29 Å². The minimum atomic E-state index is -0.816. The highest BCUT2D eigenvalue weighted by atomic mass is 32.2. The molecule has 1 aromatic heterocycles. The standard InChI is InChI=1S/C33H37N5O7S/c39-20-23-8-10-24(11-9-23)29-18-28(21-46-33-35-36-37-38(33)26-14-16-27(40)17-15-26)44-32(45-29)25-12-6-22(7-13-25)19-34-30(41)4-2-1-3-5-31(42)43/h6-17,28-29,32,39-40H,1-5,18-21H2,(H,34,41)(H,42,43). The molecule has 46 heavy (non-hydrogen) atoms. The number of rotatable bonds is 15. The number of thioether (sulfide) groups is 1. The Bertz CT molecular complexity index is 1560. The smallest absolute Gasteiger partial charge is 0.303 e. The molecule has 1 aliphatic heterocycles. The Morgan fingerprint density at radius 3 is 2.30 bits per heavy atom. The van der Waals surface area contributed by atoms with Gasteiger partial charge in [-0.15, -0.1) is 5.10 Å². The van der Waals surface area contributed by atoms with Crippen molar-refractivity contribution in [1.29, 1.82) is 0 Å². The Kier molecular flexibility index (Phi) is 11.7. The van der Waals surface area contributed by atoms with E-state index in [2.05, 4.69) is 20.8 Å². The summed E-state index contributed by atoms with van der Waals surface area (Å²) in [6.07, 6.45) is 1.93. The number of carboxylic acid groups (broad SMARTS) is 1. The molecule has 1 amide bonds. The van der Waals surface area contributed by atoms with Crippen LogP contribution in [-0.4, -0.2) is 59.3 Å². The van der Waals surface area contributed by atoms with E-state index in [0.717, 1.165) is 27.9 Å². The molecule has 1 saturated heterocycles. The highest BCUT2D eigenvalue weighted by Gasteiger charge is 2.32. The van der Waals surface area contributed by atoms with Crippen molar-refractivity contribution in [3.63, 3.8) is 0 Å². The van der Waals surface area contributed by atoms with Gasteiger partial charge in [0, 0.05) is 37.1 Å². The number of unbranched alkanes of at least 4 members (excludes halogenated alkanes) is 2. The second-order valence-corrected chi connectivity index (χ2v) is 12.0. The van der Waals surface area contributed by atoms with Gasteiger partial charge in [0.05, 0.1) is 24.5 Å². The molecular formula is C33H37N5O7S. The first-order valence-corrected chi connectivity index (χ1v) is 16.1. The molecule has 13 heteroatoms. The van der Waals surface area contributed by atoms with Gasteiger partial charge in [-0.3, -0.25) is 9.59 Å². The normalized spacial score (nSPS) is 17.9. The lowest BCUT2D eigenvalue weighted by atomic mass is 10.0. The van der Waals surface area contributed by atoms with Crippen molar-refractivity contribution in [3.05, 3.63) is 95.1 Å². The zero-order valence-electron chi connectivity index (χ0n) is 25.2. The van der Waals surface area contributed by atoms with Gasteiger partial charge in [-0.25, -0.2) is 0 Å². The van der Waals surface area contributed by atoms with Crippen LogP contribution in [0.4, 0.5) is 0 Å². The van der Waals surface area contributed by atoms with Crippen LogP contribution in [0, 0.1) is 0 Å². The number of carbonyl (C=O) groups is 2. The molecule has 2 heterocycles. The molecule has 0 spiro atoms. The number of carbonyl (C=O) groups excluding carboxylic acids is 1. The summed E-state index contributed by atoms with van der Waals surface area (Å²) >= 11 is 1.47. The summed E-state index contributed by atoms with van der Waals surface area (Å²) in [4.78, 5) is 22.8. The minimum Gasteiger partial charge on any atom is -0.508 e. The predicted octanol–water partition coefficient (Wildman–Crippen LogP) is 4.85. The fraction of sp³-hybridized carbons (Fsp3) is 0.364. The molecule has 3 aromatic carbocycles. The summed E-state index contributed by atoms with van der Waals surface area (Å²) in [5.41, 5.74) is 4.31. The van der Waals surface area contributed by atoms with Crippen LogP contribution < -0.4 is 5.32 Å². The molecular weight excluding hydrogens is 610 g/mol. The molecule has 3 atom stereocenters. The van der Waals surface area contributed by atoms with Crippen molar-refractivity contribution in [2.24, 2.45) is 0 Å². The lowest BCUT2D eigenvalue weighted by Gasteiger charge is -2.36. The van der Waals surface area contributed by atoms with E-state index in [1.165, 1.54) is 11.8 Å². The lowest BCUT2D eigenvalue weighted by Crippen LogP contribution is -2.31. The molecule has 3 unspecified atom stereocenters. The number of aromatic hydroxyl groups is 1. The third-order valence-corrected chi connectivity index (χ3v) is 8.64. The van der Waals surface area contributed by atoms with Crippen molar-refractivity contribution in [1.82, 2.24) is 25.5 Å². The number of carboxylic acids is 1. The average Bonchev–Trinajstić information content (AvgIpc) is 3.55. The number of ether oxygens (including phenoxy) is 2. The second-order valence-electron chi connectivity index (χ2n) is 11.0. The largest absolute Gasteiger partial charge is 0.508 e. The molecule has 1 aliphatic rings. The zero-order chi connectivity index (χ0) is 32.3. The lowest BCUT2D eigenvalue weighted by molar-refractivity contribution is -0.245. The van der Waals surface area contributed by atoms with Gasteiger partial charge in [0.1, 0.15) is 5.75 Å². The topological polar surface area (TPSA) is 169 Å². The first-order valence-electron chi connectivity index (χ1n) is 15.2. The number of benzene rings is 3. The van der Waals surface area contributed by atoms with Gasteiger partial charge in [-0.2, -0.15) is 4.68 Å². The van der Waals surface area contributed by atoms with Crippen molar-refractivity contribution in [2.45, 2.75) is 75.3 Å². The Labute approximate surface area is 270 Å². The van der Waals surface area contributed by atoms with Gasteiger partial charge in [0.2, 0.25) is 11.1 Å². The monoisotopic (exact) mass is 647 g/mol. The van der Waals surface area contributed by atoms with Gasteiger partial charge >= 0.3 is 5.97 Å². The number of aliphatic hydroxyl groups is 1. The van der Waals surface area contributed by atoms with Crippen LogP contribution >= 0.6 is 11.8 Å². The highest BCUT2D eigenvalue weighted by molar-refractivity contribution is 7.99. The number of aromatic nitrogens is 4. The van der Waals surface area contributed by atoms with E-state index in [0.29, 0.717) is 49.6 Å². The summed E-state index contributed by atoms with van der Waals surface area (Å²) in [5.74, 6) is -0.164. The average molecular weight is 648 g/mol. The maximum Gasteiger partial charge on any atom is 0.303 e. The van der Waals surface area contributed by atoms with Crippen LogP contribution in [-0.2, 0) is 32.2 Å². The van der Waals surface area contributed by atoms with Gasteiger partial charge in [-0.1, -0.05) is 66.7 Å². The summed E-state index contributed by atoms with van der Waals surface area (Å²) < 4.78 is 14.5. The van der Waals surface area contributed by atoms with Crippen molar-refractivity contribution in [3.8, 4) is 11.4 Å². The minimum absolute atomic E-state index is 0.0356. The Morgan fingerprint density at radius 1 is 0.891 bits per heavy atom. The summed E-state index contributed by atoms with van der Waals surface area (Å²) in [5, 5.41) is 43.5. The molecule has 4 aromatic rings. The van der Waals surface area contributed by atoms with E-state index in [9.17, 15) is 19.8 Å². The number of hydrogen-bond donors (Lipinski definition) is 4. The van der Waals surface area contributed by atoms with E-state index >= 15 is 0 Å². The number of hydrogen-bond acceptors (Lipinski definition) is 10. The fourth-order valence-electron chi connectivity index (χ4n) is 5.04. The van der Waals surface area contributed by atoms with E-state index in [-0.39, 0.29) is 36.9 Å². The highest BCUT2D eigenvalue weighted by Crippen LogP contribution is 2.39. The number of phenolic OH excluding ortho intramolecular Hbond substituents is 1. The maximum atomic E-state index is 12.2. The number of aliphatic carboxylic acids is 1. The van der Waals surface area contributed by atoms with Crippen molar-refractivity contribution < 1.29 is 34.4 Å². The predicted molar refractivity (Wildman–Crippen MR) is 169 cm³/mol. The first-order chi connectivity index (χ1) is 22.4. The van der Waals surface area contributed by atoms with Crippen LogP contribution in [0.15, 0.2) is 78.0 Å². The zero-order valence-corrected chi connectivity index (χ0v) is 26.0. The van der Waals surface area contributed by atoms with E-state index < -0.39 is 12.3 Å². The van der Waals surface area contributed by atoms with Crippen molar-refractivity contribution in [2.75, 3.05) is 5.75 Å². The van der Waals surface area contributed by atoms with Crippen LogP contribution in [0.2, 0.25) is 0 Å². The van der Waals surface area contributed by atoms with Crippen LogP contribution in [0.25, 0.3) is 5.69 Å². The molecule has 242 valence electrons. The van der Waals surface area contributed by atoms with Crippen LogP contribution in [0.1, 0.15) is 73.2 Å². The third-order valence-electron chi connectivity index (χ3n) is 7.58. The quantitative estimate of drug-likeness (QED) is 0.103. The number of aliphatic hydroxyl groups excluding tert-OH is 1. The number of phenols is 1. The van der Waals surface area contributed by atoms with Gasteiger partial charge in [0.25, 0.3) is 0 Å². The van der Waals surface area contributed by atoms with Crippen molar-refractivity contribution >= 4 is 23.6 Å². The van der Waals surface area contributed by atoms with E-state index in [4.69, 9.17) is 14.6 Å². The molecule has 0 bridgehead atoms. The summed E-state index contributed by atoms with van der Waals surface area (Å²) in [6.45, 7) is 0.349. The fourth-order valence-corrected chi connectivity index (χ4v) is 5.94. The SMILES string of the molecule is O=C(O)CCCCCC(=O)NCc1ccc(C2OC(CSc3nnnn3-c3ccc(O)cc3)CC(c3ccc(CO)cc3)O2)cc1. The van der Waals surface area contributed by atoms with Crippen LogP contribution in [0.5, 0.6) is 5.75 Å². The van der Waals surface area contributed by atoms with Crippen LogP contribution in [0.3, 0.4) is 0 Å². The number of nitrogens with zero attached hydrogens (tertiary/aromatic N) is 4. The molecule has 0 saturated carbocycles. The second kappa shape index (κ2) is 16.3.